The first-order valence-electron chi connectivity index (χ1n) is 5.83. The van der Waals surface area contributed by atoms with Crippen molar-refractivity contribution in [2.75, 3.05) is 11.9 Å². The molecular formula is C14H16N2O3. The first-order chi connectivity index (χ1) is 9.04. The number of hydrogen-bond acceptors (Lipinski definition) is 2. The Morgan fingerprint density at radius 2 is 2.11 bits per heavy atom. The third-order valence-electron chi connectivity index (χ3n) is 2.43. The van der Waals surface area contributed by atoms with Crippen molar-refractivity contribution in [1.29, 1.82) is 0 Å². The minimum Gasteiger partial charge on any atom is -0.478 e. The zero-order valence-electron chi connectivity index (χ0n) is 10.9. The summed E-state index contributed by atoms with van der Waals surface area (Å²) in [5.74, 6) is 4.60. The number of aryl methyl sites for hydroxylation is 1. The molecule has 0 fully saturated rings. The second kappa shape index (κ2) is 7.07. The molecule has 5 nitrogen and oxygen atoms in total. The van der Waals surface area contributed by atoms with Crippen molar-refractivity contribution in [1.82, 2.24) is 5.32 Å². The van der Waals surface area contributed by atoms with Gasteiger partial charge in [-0.25, -0.2) is 9.59 Å². The van der Waals surface area contributed by atoms with E-state index in [1.165, 1.54) is 6.07 Å². The van der Waals surface area contributed by atoms with Gasteiger partial charge in [-0.05, 0) is 37.6 Å². The highest BCUT2D eigenvalue weighted by Gasteiger charge is 2.08. The molecule has 19 heavy (non-hydrogen) atoms. The lowest BCUT2D eigenvalue weighted by molar-refractivity contribution is 0.0696. The van der Waals surface area contributed by atoms with Gasteiger partial charge in [-0.15, -0.1) is 11.8 Å². The second-order valence-electron chi connectivity index (χ2n) is 3.89. The maximum absolute atomic E-state index is 11.5. The van der Waals surface area contributed by atoms with Gasteiger partial charge in [-0.2, -0.15) is 0 Å². The third-order valence-corrected chi connectivity index (χ3v) is 2.43. The highest BCUT2D eigenvalue weighted by molar-refractivity contribution is 5.92. The monoisotopic (exact) mass is 260 g/mol. The number of rotatable bonds is 4. The van der Waals surface area contributed by atoms with E-state index in [1.54, 1.807) is 26.0 Å². The molecule has 0 unspecified atom stereocenters. The molecule has 100 valence electrons. The predicted octanol–water partition coefficient (Wildman–Crippen LogP) is 2.23. The van der Waals surface area contributed by atoms with Crippen LogP contribution in [0.15, 0.2) is 18.2 Å². The van der Waals surface area contributed by atoms with E-state index >= 15 is 0 Å². The van der Waals surface area contributed by atoms with Crippen LogP contribution in [0.3, 0.4) is 0 Å². The molecule has 0 aliphatic carbocycles. The highest BCUT2D eigenvalue weighted by Crippen LogP contribution is 2.15. The molecule has 0 saturated heterocycles. The summed E-state index contributed by atoms with van der Waals surface area (Å²) in [5, 5.41) is 14.2. The van der Waals surface area contributed by atoms with E-state index in [0.717, 1.165) is 0 Å². The molecule has 0 radical (unpaired) electrons. The summed E-state index contributed by atoms with van der Waals surface area (Å²) < 4.78 is 0. The number of amides is 2. The molecule has 0 spiro atoms. The average molecular weight is 260 g/mol. The van der Waals surface area contributed by atoms with Crippen LogP contribution in [-0.2, 0) is 0 Å². The van der Waals surface area contributed by atoms with Crippen LogP contribution in [0.25, 0.3) is 0 Å². The number of aromatic carboxylic acids is 1. The smallest absolute Gasteiger partial charge is 0.335 e. The molecular weight excluding hydrogens is 244 g/mol. The lowest BCUT2D eigenvalue weighted by atomic mass is 10.1. The Morgan fingerprint density at radius 1 is 1.37 bits per heavy atom. The van der Waals surface area contributed by atoms with Crippen LogP contribution in [0.2, 0.25) is 0 Å². The Hall–Kier alpha value is -2.48. The van der Waals surface area contributed by atoms with Gasteiger partial charge in [0.25, 0.3) is 0 Å². The molecule has 0 heterocycles. The Morgan fingerprint density at radius 3 is 2.68 bits per heavy atom. The van der Waals surface area contributed by atoms with Crippen LogP contribution < -0.4 is 10.6 Å². The van der Waals surface area contributed by atoms with Gasteiger partial charge in [0.2, 0.25) is 0 Å². The molecule has 0 saturated carbocycles. The third kappa shape index (κ3) is 4.72. The Kier molecular flexibility index (Phi) is 5.42. The number of urea groups is 1. The average Bonchev–Trinajstić information content (AvgIpc) is 2.34. The first-order valence-corrected chi connectivity index (χ1v) is 5.83. The van der Waals surface area contributed by atoms with Crippen LogP contribution in [0.1, 0.15) is 29.3 Å². The molecule has 3 N–H and O–H groups in total. The van der Waals surface area contributed by atoms with E-state index in [9.17, 15) is 9.59 Å². The summed E-state index contributed by atoms with van der Waals surface area (Å²) in [7, 11) is 0. The summed E-state index contributed by atoms with van der Waals surface area (Å²) in [6, 6.07) is 4.31. The van der Waals surface area contributed by atoms with Gasteiger partial charge in [0.05, 0.1) is 5.56 Å². The Bertz CT molecular complexity index is 541. The summed E-state index contributed by atoms with van der Waals surface area (Å²) in [6.45, 7) is 3.90. The minimum absolute atomic E-state index is 0.226. The topological polar surface area (TPSA) is 78.4 Å². The van der Waals surface area contributed by atoms with Crippen molar-refractivity contribution in [3.05, 3.63) is 29.3 Å². The van der Waals surface area contributed by atoms with Crippen molar-refractivity contribution in [2.45, 2.75) is 20.3 Å². The molecule has 0 bridgehead atoms. The van der Waals surface area contributed by atoms with Crippen molar-refractivity contribution in [3.8, 4) is 11.8 Å². The molecule has 0 aromatic heterocycles. The van der Waals surface area contributed by atoms with Crippen LogP contribution in [-0.4, -0.2) is 23.7 Å². The van der Waals surface area contributed by atoms with Crippen molar-refractivity contribution in [3.63, 3.8) is 0 Å². The van der Waals surface area contributed by atoms with Crippen LogP contribution in [0, 0.1) is 18.8 Å². The van der Waals surface area contributed by atoms with E-state index in [-0.39, 0.29) is 11.6 Å². The summed E-state index contributed by atoms with van der Waals surface area (Å²) >= 11 is 0. The SMILES string of the molecule is CC#CCCNC(=O)Nc1ccc(C(=O)O)c(C)c1. The summed E-state index contributed by atoms with van der Waals surface area (Å²) in [4.78, 5) is 22.4. The maximum atomic E-state index is 11.5. The quantitative estimate of drug-likeness (QED) is 0.573. The van der Waals surface area contributed by atoms with Gasteiger partial charge >= 0.3 is 12.0 Å². The second-order valence-corrected chi connectivity index (χ2v) is 3.89. The van der Waals surface area contributed by atoms with Gasteiger partial charge in [0.1, 0.15) is 0 Å². The highest BCUT2D eigenvalue weighted by atomic mass is 16.4. The number of carbonyl (C=O) groups is 2. The van der Waals surface area contributed by atoms with Gasteiger partial charge in [-0.1, -0.05) is 0 Å². The molecule has 0 atom stereocenters. The maximum Gasteiger partial charge on any atom is 0.335 e. The zero-order chi connectivity index (χ0) is 14.3. The van der Waals surface area contributed by atoms with E-state index in [0.29, 0.717) is 24.2 Å². The normalized spacial score (nSPS) is 9.16. The van der Waals surface area contributed by atoms with E-state index in [2.05, 4.69) is 22.5 Å². The van der Waals surface area contributed by atoms with Gasteiger partial charge in [0.15, 0.2) is 0 Å². The van der Waals surface area contributed by atoms with Crippen molar-refractivity contribution in [2.24, 2.45) is 0 Å². The number of anilines is 1. The van der Waals surface area contributed by atoms with Crippen LogP contribution in [0.4, 0.5) is 10.5 Å². The van der Waals surface area contributed by atoms with Crippen LogP contribution >= 0.6 is 0 Å². The lowest BCUT2D eigenvalue weighted by Crippen LogP contribution is -2.29. The fourth-order valence-electron chi connectivity index (χ4n) is 1.52. The molecule has 1 aromatic carbocycles. The fourth-order valence-corrected chi connectivity index (χ4v) is 1.52. The van der Waals surface area contributed by atoms with E-state index < -0.39 is 5.97 Å². The zero-order valence-corrected chi connectivity index (χ0v) is 10.9. The number of carboxylic acids is 1. The van der Waals surface area contributed by atoms with Crippen LogP contribution in [0.5, 0.6) is 0 Å². The molecule has 5 heteroatoms. The van der Waals surface area contributed by atoms with Gasteiger partial charge in [-0.3, -0.25) is 0 Å². The van der Waals surface area contributed by atoms with Crippen molar-refractivity contribution < 1.29 is 14.7 Å². The minimum atomic E-state index is -0.980. The largest absolute Gasteiger partial charge is 0.478 e. The van der Waals surface area contributed by atoms with Crippen molar-refractivity contribution >= 4 is 17.7 Å². The Balaban J connectivity index is 2.57. The molecule has 2 amide bonds. The number of carbonyl (C=O) groups excluding carboxylic acids is 1. The summed E-state index contributed by atoms with van der Waals surface area (Å²) in [6.07, 6.45) is 0.598. The number of carboxylic acid groups (broad SMARTS) is 1. The Labute approximate surface area is 112 Å². The number of hydrogen-bond donors (Lipinski definition) is 3. The predicted molar refractivity (Wildman–Crippen MR) is 73.2 cm³/mol. The standard InChI is InChI=1S/C14H16N2O3/c1-3-4-5-8-15-14(19)16-11-6-7-12(13(17)18)10(2)9-11/h6-7,9H,5,8H2,1-2H3,(H,17,18)(H2,15,16,19). The van der Waals surface area contributed by atoms with Gasteiger partial charge in [0, 0.05) is 18.7 Å². The van der Waals surface area contributed by atoms with Gasteiger partial charge < -0.3 is 15.7 Å². The lowest BCUT2D eigenvalue weighted by Gasteiger charge is -2.08. The first kappa shape index (κ1) is 14.6. The number of nitrogens with one attached hydrogen (secondary N) is 2. The van der Waals surface area contributed by atoms with E-state index in [4.69, 9.17) is 5.11 Å². The summed E-state index contributed by atoms with van der Waals surface area (Å²) in [5.41, 5.74) is 1.38. The molecule has 0 aliphatic rings. The molecule has 0 aliphatic heterocycles. The number of benzene rings is 1. The fraction of sp³-hybridized carbons (Fsp3) is 0.286. The molecule has 1 rings (SSSR count). The van der Waals surface area contributed by atoms with E-state index in [1.807, 2.05) is 0 Å². The molecule has 1 aromatic rings.